The molecule has 2 aliphatic heterocycles. The van der Waals surface area contributed by atoms with E-state index < -0.39 is 5.97 Å². The third kappa shape index (κ3) is 6.35. The molecule has 0 atom stereocenters. The number of carbonyl (C=O) groups excluding carboxylic acids is 4. The highest BCUT2D eigenvalue weighted by molar-refractivity contribution is 8.26. The molecule has 1 aromatic rings. The number of methoxy groups -OCH3 is 1. The van der Waals surface area contributed by atoms with Crippen molar-refractivity contribution in [3.8, 4) is 0 Å². The molecule has 11 heteroatoms. The SMILES string of the molecule is CCOC(=O)N1CCN(C(=O)CCCN2C(=O)/C(=C/c3ccc(C(=O)OC)cc3)SC2=S)CC1. The van der Waals surface area contributed by atoms with Crippen molar-refractivity contribution in [3.05, 3.63) is 40.3 Å². The standard InChI is InChI=1S/C23H27N3O6S2/c1-3-32-22(30)25-13-11-24(12-14-25)19(27)5-4-10-26-20(28)18(34-23(26)33)15-16-6-8-17(9-7-16)21(29)31-2/h6-9,15H,3-5,10-14H2,1-2H3/b18-15-. The van der Waals surface area contributed by atoms with E-state index in [0.29, 0.717) is 67.0 Å². The summed E-state index contributed by atoms with van der Waals surface area (Å²) in [7, 11) is 1.32. The molecule has 0 radical (unpaired) electrons. The Bertz CT molecular complexity index is 987. The van der Waals surface area contributed by atoms with Gasteiger partial charge < -0.3 is 19.3 Å². The Balaban J connectivity index is 1.47. The largest absolute Gasteiger partial charge is 0.465 e. The topological polar surface area (TPSA) is 96.5 Å². The van der Waals surface area contributed by atoms with Crippen LogP contribution in [0.3, 0.4) is 0 Å². The Labute approximate surface area is 208 Å². The van der Waals surface area contributed by atoms with Gasteiger partial charge in [-0.1, -0.05) is 36.1 Å². The lowest BCUT2D eigenvalue weighted by Gasteiger charge is -2.34. The summed E-state index contributed by atoms with van der Waals surface area (Å²) in [5.41, 5.74) is 1.20. The highest BCUT2D eigenvalue weighted by atomic mass is 32.2. The van der Waals surface area contributed by atoms with Crippen molar-refractivity contribution < 1.29 is 28.7 Å². The van der Waals surface area contributed by atoms with Crippen LogP contribution in [-0.4, -0.2) is 89.3 Å². The summed E-state index contributed by atoms with van der Waals surface area (Å²) in [5, 5.41) is 0. The summed E-state index contributed by atoms with van der Waals surface area (Å²) >= 11 is 6.58. The van der Waals surface area contributed by atoms with Crippen LogP contribution in [0.5, 0.6) is 0 Å². The molecule has 9 nitrogen and oxygen atoms in total. The van der Waals surface area contributed by atoms with Gasteiger partial charge in [0.2, 0.25) is 5.91 Å². The fraction of sp³-hybridized carbons (Fsp3) is 0.435. The van der Waals surface area contributed by atoms with Crippen LogP contribution in [0.25, 0.3) is 6.08 Å². The van der Waals surface area contributed by atoms with Crippen molar-refractivity contribution in [1.29, 1.82) is 0 Å². The van der Waals surface area contributed by atoms with Crippen LogP contribution in [0.15, 0.2) is 29.2 Å². The number of amides is 3. The number of thiocarbonyl (C=S) groups is 1. The van der Waals surface area contributed by atoms with Gasteiger partial charge >= 0.3 is 12.1 Å². The van der Waals surface area contributed by atoms with Gasteiger partial charge in [-0.25, -0.2) is 9.59 Å². The molecule has 0 saturated carbocycles. The van der Waals surface area contributed by atoms with Gasteiger partial charge in [0, 0.05) is 39.1 Å². The van der Waals surface area contributed by atoms with Crippen LogP contribution in [-0.2, 0) is 19.1 Å². The Kier molecular flexibility index (Phi) is 9.05. The predicted molar refractivity (Wildman–Crippen MR) is 132 cm³/mol. The summed E-state index contributed by atoms with van der Waals surface area (Å²) in [6, 6.07) is 6.74. The van der Waals surface area contributed by atoms with Gasteiger partial charge in [-0.05, 0) is 37.1 Å². The summed E-state index contributed by atoms with van der Waals surface area (Å²) in [5.74, 6) is -0.619. The van der Waals surface area contributed by atoms with E-state index in [2.05, 4.69) is 4.74 Å². The second-order valence-corrected chi connectivity index (χ2v) is 9.29. The zero-order valence-corrected chi connectivity index (χ0v) is 20.8. The van der Waals surface area contributed by atoms with Crippen LogP contribution in [0.2, 0.25) is 0 Å². The average molecular weight is 506 g/mol. The first-order chi connectivity index (χ1) is 16.3. The van der Waals surface area contributed by atoms with E-state index in [4.69, 9.17) is 17.0 Å². The molecule has 2 saturated heterocycles. The predicted octanol–water partition coefficient (Wildman–Crippen LogP) is 2.76. The third-order valence-corrected chi connectivity index (χ3v) is 6.81. The zero-order valence-electron chi connectivity index (χ0n) is 19.2. The number of hydrogen-bond donors (Lipinski definition) is 0. The van der Waals surface area contributed by atoms with Crippen molar-refractivity contribution >= 4 is 58.3 Å². The maximum atomic E-state index is 12.8. The summed E-state index contributed by atoms with van der Waals surface area (Å²) in [6.45, 7) is 4.28. The van der Waals surface area contributed by atoms with Gasteiger partial charge in [0.25, 0.3) is 5.91 Å². The van der Waals surface area contributed by atoms with Gasteiger partial charge in [-0.15, -0.1) is 0 Å². The Morgan fingerprint density at radius 2 is 1.74 bits per heavy atom. The third-order valence-electron chi connectivity index (χ3n) is 5.43. The number of ether oxygens (including phenoxy) is 2. The first kappa shape index (κ1) is 25.7. The van der Waals surface area contributed by atoms with Crippen molar-refractivity contribution in [1.82, 2.24) is 14.7 Å². The van der Waals surface area contributed by atoms with Gasteiger partial charge in [0.05, 0.1) is 24.2 Å². The molecular weight excluding hydrogens is 478 g/mol. The van der Waals surface area contributed by atoms with E-state index in [1.165, 1.54) is 23.8 Å². The zero-order chi connectivity index (χ0) is 24.7. The number of nitrogens with zero attached hydrogens (tertiary/aromatic N) is 3. The quantitative estimate of drug-likeness (QED) is 0.317. The fourth-order valence-corrected chi connectivity index (χ4v) is 4.89. The molecule has 0 unspecified atom stereocenters. The minimum absolute atomic E-state index is 0.00446. The molecule has 2 fully saturated rings. The molecule has 2 aliphatic rings. The van der Waals surface area contributed by atoms with Gasteiger partial charge in [0.15, 0.2) is 0 Å². The molecule has 0 N–H and O–H groups in total. The molecule has 0 spiro atoms. The second kappa shape index (κ2) is 12.0. The van der Waals surface area contributed by atoms with E-state index in [1.54, 1.807) is 47.1 Å². The number of esters is 1. The number of rotatable bonds is 7. The van der Waals surface area contributed by atoms with Crippen LogP contribution >= 0.6 is 24.0 Å². The monoisotopic (exact) mass is 505 g/mol. The molecule has 0 aromatic heterocycles. The van der Waals surface area contributed by atoms with E-state index in [0.717, 1.165) is 5.56 Å². The van der Waals surface area contributed by atoms with Crippen LogP contribution in [0.4, 0.5) is 4.79 Å². The average Bonchev–Trinajstić information content (AvgIpc) is 3.11. The highest BCUT2D eigenvalue weighted by Gasteiger charge is 2.32. The molecule has 1 aromatic carbocycles. The first-order valence-electron chi connectivity index (χ1n) is 11.0. The second-order valence-electron chi connectivity index (χ2n) is 7.62. The molecular formula is C23H27N3O6S2. The van der Waals surface area contributed by atoms with Crippen LogP contribution in [0, 0.1) is 0 Å². The molecule has 0 bridgehead atoms. The maximum absolute atomic E-state index is 12.8. The number of carbonyl (C=O) groups is 4. The molecule has 3 amide bonds. The molecule has 0 aliphatic carbocycles. The number of piperazine rings is 1. The number of hydrogen-bond acceptors (Lipinski definition) is 8. The van der Waals surface area contributed by atoms with Gasteiger partial charge in [0.1, 0.15) is 4.32 Å². The Morgan fingerprint density at radius 3 is 2.35 bits per heavy atom. The maximum Gasteiger partial charge on any atom is 0.409 e. The van der Waals surface area contributed by atoms with Crippen molar-refractivity contribution in [2.45, 2.75) is 19.8 Å². The summed E-state index contributed by atoms with van der Waals surface area (Å²) in [4.78, 5) is 54.0. The summed E-state index contributed by atoms with van der Waals surface area (Å²) < 4.78 is 10.1. The van der Waals surface area contributed by atoms with Crippen LogP contribution in [0.1, 0.15) is 35.7 Å². The number of thioether (sulfide) groups is 1. The lowest BCUT2D eigenvalue weighted by Crippen LogP contribution is -2.50. The molecule has 3 rings (SSSR count). The minimum atomic E-state index is -0.423. The van der Waals surface area contributed by atoms with E-state index in [-0.39, 0.29) is 17.9 Å². The van der Waals surface area contributed by atoms with E-state index in [1.807, 2.05) is 0 Å². The Morgan fingerprint density at radius 1 is 1.09 bits per heavy atom. The lowest BCUT2D eigenvalue weighted by atomic mass is 10.1. The summed E-state index contributed by atoms with van der Waals surface area (Å²) in [6.07, 6.45) is 2.17. The minimum Gasteiger partial charge on any atom is -0.465 e. The Hall–Kier alpha value is -2.92. The van der Waals surface area contributed by atoms with Gasteiger partial charge in [-0.3, -0.25) is 14.5 Å². The normalized spacial score (nSPS) is 17.4. The molecule has 2 heterocycles. The smallest absolute Gasteiger partial charge is 0.409 e. The first-order valence-corrected chi connectivity index (χ1v) is 12.2. The molecule has 34 heavy (non-hydrogen) atoms. The van der Waals surface area contributed by atoms with Gasteiger partial charge in [-0.2, -0.15) is 0 Å². The number of benzene rings is 1. The lowest BCUT2D eigenvalue weighted by molar-refractivity contribution is -0.133. The van der Waals surface area contributed by atoms with Crippen molar-refractivity contribution in [2.24, 2.45) is 0 Å². The molecule has 182 valence electrons. The van der Waals surface area contributed by atoms with Crippen molar-refractivity contribution in [3.63, 3.8) is 0 Å². The highest BCUT2D eigenvalue weighted by Crippen LogP contribution is 2.32. The fourth-order valence-electron chi connectivity index (χ4n) is 3.58. The van der Waals surface area contributed by atoms with E-state index >= 15 is 0 Å². The van der Waals surface area contributed by atoms with E-state index in [9.17, 15) is 19.2 Å². The van der Waals surface area contributed by atoms with Crippen molar-refractivity contribution in [2.75, 3.05) is 46.4 Å². The van der Waals surface area contributed by atoms with Crippen LogP contribution < -0.4 is 0 Å².